The third-order valence-corrected chi connectivity index (χ3v) is 4.01. The molecule has 0 saturated heterocycles. The molecule has 0 aliphatic heterocycles. The molecule has 0 radical (unpaired) electrons. The van der Waals surface area contributed by atoms with Crippen LogP contribution in [0.2, 0.25) is 0 Å². The van der Waals surface area contributed by atoms with E-state index >= 15 is 0 Å². The number of carbonyl (C=O) groups excluding carboxylic acids is 2. The molecule has 0 unspecified atom stereocenters. The first-order valence-electron chi connectivity index (χ1n) is 8.36. The number of benzene rings is 2. The van der Waals surface area contributed by atoms with Crippen molar-refractivity contribution in [3.8, 4) is 0 Å². The Bertz CT molecular complexity index is 1070. The molecule has 1 aromatic heterocycles. The summed E-state index contributed by atoms with van der Waals surface area (Å²) in [5.41, 5.74) is -0.112. The highest BCUT2D eigenvalue weighted by molar-refractivity contribution is 6.04. The van der Waals surface area contributed by atoms with E-state index < -0.39 is 24.2 Å². The minimum absolute atomic E-state index is 0.0363. The topological polar surface area (TPSA) is 78.3 Å². The lowest BCUT2D eigenvalue weighted by molar-refractivity contribution is 0.0468. The summed E-state index contributed by atoms with van der Waals surface area (Å²) in [4.78, 5) is 37.1. The Morgan fingerprint density at radius 2 is 1.70 bits per heavy atom. The van der Waals surface area contributed by atoms with Gasteiger partial charge in [-0.05, 0) is 44.2 Å². The summed E-state index contributed by atoms with van der Waals surface area (Å²) >= 11 is 0. The van der Waals surface area contributed by atoms with Gasteiger partial charge in [-0.3, -0.25) is 9.59 Å². The summed E-state index contributed by atoms with van der Waals surface area (Å²) in [6, 6.07) is 11.3. The molecule has 0 bridgehead atoms. The average Bonchev–Trinajstić information content (AvgIpc) is 2.66. The van der Waals surface area contributed by atoms with Crippen LogP contribution in [0.15, 0.2) is 53.3 Å². The molecule has 3 aromatic rings. The molecule has 2 aromatic carbocycles. The highest BCUT2D eigenvalue weighted by atomic mass is 19.1. The molecule has 1 heterocycles. The van der Waals surface area contributed by atoms with Crippen molar-refractivity contribution in [1.82, 2.24) is 9.78 Å². The second-order valence-corrected chi connectivity index (χ2v) is 6.24. The second-order valence-electron chi connectivity index (χ2n) is 6.24. The van der Waals surface area contributed by atoms with Crippen LogP contribution in [0.25, 0.3) is 10.8 Å². The van der Waals surface area contributed by atoms with Crippen LogP contribution in [0.1, 0.15) is 40.7 Å². The van der Waals surface area contributed by atoms with E-state index in [1.165, 1.54) is 16.8 Å². The van der Waals surface area contributed by atoms with Gasteiger partial charge in [0.15, 0.2) is 18.1 Å². The predicted octanol–water partition coefficient (Wildman–Crippen LogP) is 3.16. The number of ether oxygens (including phenoxy) is 1. The lowest BCUT2D eigenvalue weighted by atomic mass is 10.1. The summed E-state index contributed by atoms with van der Waals surface area (Å²) in [7, 11) is 0. The number of hydrogen-bond acceptors (Lipinski definition) is 5. The molecule has 0 spiro atoms. The summed E-state index contributed by atoms with van der Waals surface area (Å²) in [5, 5.41) is 4.84. The minimum atomic E-state index is -0.809. The van der Waals surface area contributed by atoms with E-state index in [9.17, 15) is 18.8 Å². The van der Waals surface area contributed by atoms with Crippen molar-refractivity contribution >= 4 is 22.5 Å². The standard InChI is InChI=1S/C20H17FN2O4/c1-12(2)23-19(25)16-6-4-3-5-15(16)18(22-23)20(26)27-11-17(24)13-7-9-14(21)10-8-13/h3-10,12H,11H2,1-2H3. The van der Waals surface area contributed by atoms with Gasteiger partial charge in [-0.1, -0.05) is 18.2 Å². The number of halogens is 1. The summed E-state index contributed by atoms with van der Waals surface area (Å²) in [6.45, 7) is 3.04. The number of rotatable bonds is 5. The molecule has 0 aliphatic rings. The van der Waals surface area contributed by atoms with Crippen molar-refractivity contribution in [3.63, 3.8) is 0 Å². The molecular weight excluding hydrogens is 351 g/mol. The van der Waals surface area contributed by atoms with Gasteiger partial charge in [0.1, 0.15) is 5.82 Å². The van der Waals surface area contributed by atoms with Crippen LogP contribution < -0.4 is 5.56 Å². The molecule has 0 atom stereocenters. The molecule has 0 amide bonds. The minimum Gasteiger partial charge on any atom is -0.452 e. The lowest BCUT2D eigenvalue weighted by Crippen LogP contribution is -2.28. The van der Waals surface area contributed by atoms with Gasteiger partial charge in [0, 0.05) is 10.9 Å². The third kappa shape index (κ3) is 3.76. The number of Topliss-reactive ketones (excluding diaryl/α,β-unsaturated/α-hetero) is 1. The largest absolute Gasteiger partial charge is 0.452 e. The molecule has 6 nitrogen and oxygen atoms in total. The zero-order valence-corrected chi connectivity index (χ0v) is 14.8. The van der Waals surface area contributed by atoms with E-state index in [2.05, 4.69) is 5.10 Å². The van der Waals surface area contributed by atoms with Crippen molar-refractivity contribution in [2.24, 2.45) is 0 Å². The molecule has 27 heavy (non-hydrogen) atoms. The van der Waals surface area contributed by atoms with Gasteiger partial charge in [-0.2, -0.15) is 5.10 Å². The summed E-state index contributed by atoms with van der Waals surface area (Å²) in [6.07, 6.45) is 0. The van der Waals surface area contributed by atoms with Crippen LogP contribution in [0.4, 0.5) is 4.39 Å². The third-order valence-electron chi connectivity index (χ3n) is 4.01. The molecule has 0 fully saturated rings. The Morgan fingerprint density at radius 1 is 1.07 bits per heavy atom. The van der Waals surface area contributed by atoms with Gasteiger partial charge in [0.2, 0.25) is 0 Å². The van der Waals surface area contributed by atoms with Crippen LogP contribution in [0, 0.1) is 5.82 Å². The van der Waals surface area contributed by atoms with Gasteiger partial charge >= 0.3 is 5.97 Å². The van der Waals surface area contributed by atoms with Crippen molar-refractivity contribution < 1.29 is 18.7 Å². The summed E-state index contributed by atoms with van der Waals surface area (Å²) < 4.78 is 19.2. The number of esters is 1. The van der Waals surface area contributed by atoms with Crippen LogP contribution >= 0.6 is 0 Å². The van der Waals surface area contributed by atoms with E-state index in [4.69, 9.17) is 4.74 Å². The van der Waals surface area contributed by atoms with Crippen LogP contribution in [0.3, 0.4) is 0 Å². The van der Waals surface area contributed by atoms with Gasteiger partial charge in [-0.25, -0.2) is 13.9 Å². The molecule has 0 saturated carbocycles. The lowest BCUT2D eigenvalue weighted by Gasteiger charge is -2.13. The SMILES string of the molecule is CC(C)n1nc(C(=O)OCC(=O)c2ccc(F)cc2)c2ccccc2c1=O. The van der Waals surface area contributed by atoms with E-state index in [-0.39, 0.29) is 22.9 Å². The highest BCUT2D eigenvalue weighted by Gasteiger charge is 2.20. The van der Waals surface area contributed by atoms with Crippen LogP contribution in [0.5, 0.6) is 0 Å². The normalized spacial score (nSPS) is 11.0. The zero-order valence-electron chi connectivity index (χ0n) is 14.8. The van der Waals surface area contributed by atoms with Crippen LogP contribution in [-0.4, -0.2) is 28.1 Å². The molecule has 0 N–H and O–H groups in total. The summed E-state index contributed by atoms with van der Waals surface area (Å²) in [5.74, 6) is -1.74. The number of ketones is 1. The molecular formula is C20H17FN2O4. The fourth-order valence-corrected chi connectivity index (χ4v) is 2.63. The molecule has 138 valence electrons. The Morgan fingerprint density at radius 3 is 2.33 bits per heavy atom. The van der Waals surface area contributed by atoms with E-state index in [1.807, 2.05) is 0 Å². The van der Waals surface area contributed by atoms with E-state index in [1.54, 1.807) is 38.1 Å². The van der Waals surface area contributed by atoms with E-state index in [0.29, 0.717) is 10.8 Å². The number of fused-ring (bicyclic) bond motifs is 1. The highest BCUT2D eigenvalue weighted by Crippen LogP contribution is 2.16. The Balaban J connectivity index is 1.89. The fraction of sp³-hybridized carbons (Fsp3) is 0.200. The zero-order chi connectivity index (χ0) is 19.6. The molecule has 3 rings (SSSR count). The maximum absolute atomic E-state index is 12.9. The number of aromatic nitrogens is 2. The van der Waals surface area contributed by atoms with Gasteiger partial charge in [-0.15, -0.1) is 0 Å². The first kappa shape index (κ1) is 18.4. The first-order chi connectivity index (χ1) is 12.9. The quantitative estimate of drug-likeness (QED) is 0.511. The smallest absolute Gasteiger partial charge is 0.359 e. The van der Waals surface area contributed by atoms with Gasteiger partial charge < -0.3 is 4.74 Å². The van der Waals surface area contributed by atoms with Crippen molar-refractivity contribution in [2.45, 2.75) is 19.9 Å². The van der Waals surface area contributed by atoms with Gasteiger partial charge in [0.05, 0.1) is 11.4 Å². The van der Waals surface area contributed by atoms with Crippen molar-refractivity contribution in [1.29, 1.82) is 0 Å². The molecule has 7 heteroatoms. The van der Waals surface area contributed by atoms with Crippen molar-refractivity contribution in [3.05, 3.63) is 76.0 Å². The fourth-order valence-electron chi connectivity index (χ4n) is 2.63. The predicted molar refractivity (Wildman–Crippen MR) is 97.4 cm³/mol. The van der Waals surface area contributed by atoms with Gasteiger partial charge in [0.25, 0.3) is 5.56 Å². The number of carbonyl (C=O) groups is 2. The Labute approximate surface area is 154 Å². The van der Waals surface area contributed by atoms with Crippen molar-refractivity contribution in [2.75, 3.05) is 6.61 Å². The first-order valence-corrected chi connectivity index (χ1v) is 8.36. The average molecular weight is 368 g/mol. The Hall–Kier alpha value is -3.35. The Kier molecular flexibility index (Phi) is 5.12. The van der Waals surface area contributed by atoms with E-state index in [0.717, 1.165) is 12.1 Å². The molecule has 0 aliphatic carbocycles. The number of nitrogens with zero attached hydrogens (tertiary/aromatic N) is 2. The number of hydrogen-bond donors (Lipinski definition) is 0. The maximum Gasteiger partial charge on any atom is 0.359 e. The maximum atomic E-state index is 12.9. The monoisotopic (exact) mass is 368 g/mol. The second kappa shape index (κ2) is 7.49. The van der Waals surface area contributed by atoms with Crippen LogP contribution in [-0.2, 0) is 4.74 Å².